The van der Waals surface area contributed by atoms with E-state index in [1.54, 1.807) is 0 Å². The molecular weight excluding hydrogens is 472 g/mol. The fraction of sp³-hybridized carbons (Fsp3) is 0.242. The summed E-state index contributed by atoms with van der Waals surface area (Å²) >= 11 is 0. The van der Waals surface area contributed by atoms with Crippen molar-refractivity contribution in [1.29, 1.82) is 0 Å². The number of carbonyl (C=O) groups excluding carboxylic acids is 1. The van der Waals surface area contributed by atoms with Gasteiger partial charge in [0, 0.05) is 52.4 Å². The van der Waals surface area contributed by atoms with E-state index in [1.807, 2.05) is 42.5 Å². The number of carbonyl (C=O) groups is 1. The Balaban J connectivity index is 1.54. The van der Waals surface area contributed by atoms with Crippen LogP contribution in [0.2, 0.25) is 0 Å². The molecule has 0 aliphatic carbocycles. The molecule has 1 spiro atoms. The van der Waals surface area contributed by atoms with Crippen LogP contribution in [0.15, 0.2) is 78.9 Å². The van der Waals surface area contributed by atoms with Gasteiger partial charge in [0.2, 0.25) is 0 Å². The number of ether oxygens (including phenoxy) is 2. The molecule has 0 aromatic heterocycles. The van der Waals surface area contributed by atoms with Crippen LogP contribution in [0.25, 0.3) is 0 Å². The van der Waals surface area contributed by atoms with E-state index in [0.29, 0.717) is 23.1 Å². The lowest BCUT2D eigenvalue weighted by Gasteiger charge is -2.38. The Morgan fingerprint density at radius 3 is 2.45 bits per heavy atom. The van der Waals surface area contributed by atoms with Crippen molar-refractivity contribution in [3.8, 4) is 11.5 Å². The monoisotopic (exact) mass is 504 g/mol. The van der Waals surface area contributed by atoms with Gasteiger partial charge in [-0.15, -0.1) is 0 Å². The van der Waals surface area contributed by atoms with Crippen LogP contribution in [0.3, 0.4) is 0 Å². The number of rotatable bonds is 5. The molecule has 4 aromatic rings. The van der Waals surface area contributed by atoms with Gasteiger partial charge in [0.15, 0.2) is 5.60 Å². The molecule has 6 rings (SSSR count). The SMILES string of the molecule is CCN(c1ccc2c(c1)Oc1ccc(Nc3ccc(C)cc3C)cc1C21OC(=O)c2ccccc21)C(C)C. The molecule has 2 heterocycles. The van der Waals surface area contributed by atoms with E-state index >= 15 is 0 Å². The minimum atomic E-state index is -1.09. The van der Waals surface area contributed by atoms with Crippen molar-refractivity contribution in [3.05, 3.63) is 112 Å². The summed E-state index contributed by atoms with van der Waals surface area (Å²) < 4.78 is 12.9. The van der Waals surface area contributed by atoms with E-state index in [-0.39, 0.29) is 5.97 Å². The lowest BCUT2D eigenvalue weighted by molar-refractivity contribution is 0.0224. The second-order valence-electron chi connectivity index (χ2n) is 10.4. The highest BCUT2D eigenvalue weighted by Gasteiger charge is 2.53. The average Bonchev–Trinajstić information content (AvgIpc) is 3.19. The van der Waals surface area contributed by atoms with E-state index < -0.39 is 5.60 Å². The summed E-state index contributed by atoms with van der Waals surface area (Å²) in [6.07, 6.45) is 0. The van der Waals surface area contributed by atoms with Gasteiger partial charge in [-0.3, -0.25) is 0 Å². The van der Waals surface area contributed by atoms with Crippen LogP contribution in [0.4, 0.5) is 17.1 Å². The second-order valence-corrected chi connectivity index (χ2v) is 10.4. The van der Waals surface area contributed by atoms with Crippen molar-refractivity contribution in [3.63, 3.8) is 0 Å². The smallest absolute Gasteiger partial charge is 0.340 e. The van der Waals surface area contributed by atoms with Gasteiger partial charge in [-0.1, -0.05) is 35.9 Å². The van der Waals surface area contributed by atoms with Crippen molar-refractivity contribution in [1.82, 2.24) is 0 Å². The molecule has 38 heavy (non-hydrogen) atoms. The number of benzene rings is 4. The number of anilines is 3. The van der Waals surface area contributed by atoms with Crippen molar-refractivity contribution >= 4 is 23.0 Å². The van der Waals surface area contributed by atoms with Crippen molar-refractivity contribution < 1.29 is 14.3 Å². The number of nitrogens with zero attached hydrogens (tertiary/aromatic N) is 1. The van der Waals surface area contributed by atoms with Gasteiger partial charge >= 0.3 is 5.97 Å². The lowest BCUT2D eigenvalue weighted by Crippen LogP contribution is -2.34. The van der Waals surface area contributed by atoms with Gasteiger partial charge in [0.1, 0.15) is 11.5 Å². The largest absolute Gasteiger partial charge is 0.456 e. The highest BCUT2D eigenvalue weighted by Crippen LogP contribution is 2.57. The quantitative estimate of drug-likeness (QED) is 0.281. The summed E-state index contributed by atoms with van der Waals surface area (Å²) in [5, 5.41) is 3.56. The molecule has 192 valence electrons. The van der Waals surface area contributed by atoms with Crippen molar-refractivity contribution in [2.75, 3.05) is 16.8 Å². The molecular formula is C33H32N2O3. The summed E-state index contributed by atoms with van der Waals surface area (Å²) in [5.74, 6) is 1.06. The first-order valence-electron chi connectivity index (χ1n) is 13.2. The minimum absolute atomic E-state index is 0.325. The molecule has 5 heteroatoms. The number of esters is 1. The fourth-order valence-electron chi connectivity index (χ4n) is 5.87. The summed E-state index contributed by atoms with van der Waals surface area (Å²) in [5.41, 5.74) is 7.35. The van der Waals surface area contributed by atoms with E-state index in [9.17, 15) is 4.79 Å². The van der Waals surface area contributed by atoms with Gasteiger partial charge in [-0.2, -0.15) is 0 Å². The predicted molar refractivity (Wildman–Crippen MR) is 152 cm³/mol. The Morgan fingerprint density at radius 1 is 0.868 bits per heavy atom. The molecule has 4 aromatic carbocycles. The van der Waals surface area contributed by atoms with Crippen LogP contribution in [-0.2, 0) is 10.3 Å². The van der Waals surface area contributed by atoms with Crippen molar-refractivity contribution in [2.45, 2.75) is 46.3 Å². The molecule has 1 unspecified atom stereocenters. The Morgan fingerprint density at radius 2 is 1.68 bits per heavy atom. The molecule has 2 aliphatic rings. The third-order valence-corrected chi connectivity index (χ3v) is 7.65. The summed E-state index contributed by atoms with van der Waals surface area (Å²) in [6, 6.07) is 26.6. The molecule has 0 saturated carbocycles. The van der Waals surface area contributed by atoms with Crippen LogP contribution < -0.4 is 15.0 Å². The zero-order chi connectivity index (χ0) is 26.6. The molecule has 0 amide bonds. The van der Waals surface area contributed by atoms with Gasteiger partial charge < -0.3 is 19.7 Å². The summed E-state index contributed by atoms with van der Waals surface area (Å²) in [6.45, 7) is 11.6. The Bertz CT molecular complexity index is 1570. The standard InChI is InChI=1S/C33H32N2O3/c1-6-35(20(2)3)24-13-14-27-31(19-24)37-30-16-12-23(34-29-15-11-21(4)17-22(29)5)18-28(30)33(27)26-10-8-7-9-25(26)32(36)38-33/h7-20,34H,6H2,1-5H3. The predicted octanol–water partition coefficient (Wildman–Crippen LogP) is 7.85. The van der Waals surface area contributed by atoms with E-state index in [4.69, 9.17) is 9.47 Å². The number of aryl methyl sites for hydroxylation is 2. The van der Waals surface area contributed by atoms with Crippen LogP contribution in [-0.4, -0.2) is 18.6 Å². The molecule has 1 N–H and O–H groups in total. The van der Waals surface area contributed by atoms with Gasteiger partial charge in [-0.05, 0) is 82.6 Å². The number of fused-ring (bicyclic) bond motifs is 6. The molecule has 1 atom stereocenters. The Hall–Kier alpha value is -4.25. The van der Waals surface area contributed by atoms with Crippen LogP contribution in [0.5, 0.6) is 11.5 Å². The molecule has 0 fully saturated rings. The van der Waals surface area contributed by atoms with Crippen molar-refractivity contribution in [2.24, 2.45) is 0 Å². The lowest BCUT2D eigenvalue weighted by atomic mass is 9.77. The zero-order valence-corrected chi connectivity index (χ0v) is 22.5. The molecule has 0 saturated heterocycles. The van der Waals surface area contributed by atoms with Gasteiger partial charge in [-0.25, -0.2) is 4.79 Å². The molecule has 0 bridgehead atoms. The highest BCUT2D eigenvalue weighted by atomic mass is 16.6. The molecule has 2 aliphatic heterocycles. The third-order valence-electron chi connectivity index (χ3n) is 7.65. The maximum atomic E-state index is 13.2. The highest BCUT2D eigenvalue weighted by molar-refractivity contribution is 5.97. The van der Waals surface area contributed by atoms with Crippen LogP contribution >= 0.6 is 0 Å². The Labute approximate surface area is 224 Å². The Kier molecular flexibility index (Phi) is 5.68. The molecule has 5 nitrogen and oxygen atoms in total. The second kappa shape index (κ2) is 8.95. The van der Waals surface area contributed by atoms with Crippen LogP contribution in [0.1, 0.15) is 58.9 Å². The van der Waals surface area contributed by atoms with Gasteiger partial charge in [0.05, 0.1) is 5.56 Å². The minimum Gasteiger partial charge on any atom is -0.456 e. The van der Waals surface area contributed by atoms with E-state index in [2.05, 4.69) is 81.2 Å². The summed E-state index contributed by atoms with van der Waals surface area (Å²) in [4.78, 5) is 15.6. The van der Waals surface area contributed by atoms with Crippen LogP contribution in [0, 0.1) is 13.8 Å². The topological polar surface area (TPSA) is 50.8 Å². The normalized spacial score (nSPS) is 16.9. The van der Waals surface area contributed by atoms with Gasteiger partial charge in [0.25, 0.3) is 0 Å². The molecule has 0 radical (unpaired) electrons. The maximum absolute atomic E-state index is 13.2. The summed E-state index contributed by atoms with van der Waals surface area (Å²) in [7, 11) is 0. The number of nitrogens with one attached hydrogen (secondary N) is 1. The fourth-order valence-corrected chi connectivity index (χ4v) is 5.87. The zero-order valence-electron chi connectivity index (χ0n) is 22.5. The number of hydrogen-bond donors (Lipinski definition) is 1. The average molecular weight is 505 g/mol. The first kappa shape index (κ1) is 24.1. The third kappa shape index (κ3) is 3.65. The van der Waals surface area contributed by atoms with E-state index in [0.717, 1.165) is 45.9 Å². The first-order valence-corrected chi connectivity index (χ1v) is 13.2. The maximum Gasteiger partial charge on any atom is 0.340 e. The van der Waals surface area contributed by atoms with E-state index in [1.165, 1.54) is 5.56 Å². The number of hydrogen-bond acceptors (Lipinski definition) is 5. The first-order chi connectivity index (χ1) is 18.3.